The standard InChI is InChI=1S/C22H24O3/c1-22(2)24-17-21(25-22)14-15-23-16-20-12-10-19(11-13-20)9-8-18-6-4-3-5-7-18/h3-7,10-13,21H,14-17H2,1-2H3/t21-/m0/s1. The molecule has 0 aliphatic carbocycles. The Hall–Kier alpha value is -2.12. The van der Waals surface area contributed by atoms with E-state index in [1.165, 1.54) is 0 Å². The van der Waals surface area contributed by atoms with Crippen molar-refractivity contribution in [3.8, 4) is 11.8 Å². The van der Waals surface area contributed by atoms with Crippen LogP contribution in [0.15, 0.2) is 54.6 Å². The predicted molar refractivity (Wildman–Crippen MR) is 98.0 cm³/mol. The molecule has 0 N–H and O–H groups in total. The Morgan fingerprint density at radius 3 is 2.32 bits per heavy atom. The second-order valence-electron chi connectivity index (χ2n) is 6.60. The summed E-state index contributed by atoms with van der Waals surface area (Å²) in [5.74, 6) is 5.89. The van der Waals surface area contributed by atoms with Crippen LogP contribution in [0.4, 0.5) is 0 Å². The fraction of sp³-hybridized carbons (Fsp3) is 0.364. The zero-order chi connectivity index (χ0) is 17.5. The molecule has 2 aromatic rings. The highest BCUT2D eigenvalue weighted by Crippen LogP contribution is 2.24. The quantitative estimate of drug-likeness (QED) is 0.606. The molecule has 0 radical (unpaired) electrons. The second kappa shape index (κ2) is 8.31. The molecule has 1 aliphatic rings. The van der Waals surface area contributed by atoms with Gasteiger partial charge in [0.2, 0.25) is 0 Å². The first-order valence-electron chi connectivity index (χ1n) is 8.66. The van der Waals surface area contributed by atoms with Crippen LogP contribution in [0.2, 0.25) is 0 Å². The van der Waals surface area contributed by atoms with Crippen molar-refractivity contribution in [2.45, 2.75) is 38.8 Å². The minimum atomic E-state index is -0.457. The molecule has 0 aromatic heterocycles. The smallest absolute Gasteiger partial charge is 0.163 e. The molecule has 1 heterocycles. The zero-order valence-electron chi connectivity index (χ0n) is 14.8. The lowest BCUT2D eigenvalue weighted by molar-refractivity contribution is -0.140. The molecule has 0 amide bonds. The van der Waals surface area contributed by atoms with E-state index >= 15 is 0 Å². The summed E-state index contributed by atoms with van der Waals surface area (Å²) in [6, 6.07) is 18.2. The first kappa shape index (κ1) is 17.7. The summed E-state index contributed by atoms with van der Waals surface area (Å²) in [7, 11) is 0. The Labute approximate surface area is 149 Å². The number of benzene rings is 2. The van der Waals surface area contributed by atoms with Crippen molar-refractivity contribution >= 4 is 0 Å². The van der Waals surface area contributed by atoms with Gasteiger partial charge >= 0.3 is 0 Å². The van der Waals surface area contributed by atoms with Crippen molar-refractivity contribution in [3.05, 3.63) is 71.3 Å². The molecule has 3 heteroatoms. The normalized spacial score (nSPS) is 18.6. The van der Waals surface area contributed by atoms with E-state index in [0.29, 0.717) is 19.8 Å². The van der Waals surface area contributed by atoms with Gasteiger partial charge in [0.25, 0.3) is 0 Å². The molecule has 3 rings (SSSR count). The monoisotopic (exact) mass is 336 g/mol. The molecule has 0 bridgehead atoms. The summed E-state index contributed by atoms with van der Waals surface area (Å²) < 4.78 is 17.1. The third-order valence-corrected chi connectivity index (χ3v) is 4.00. The van der Waals surface area contributed by atoms with Crippen LogP contribution in [0.5, 0.6) is 0 Å². The van der Waals surface area contributed by atoms with Crippen LogP contribution >= 0.6 is 0 Å². The summed E-state index contributed by atoms with van der Waals surface area (Å²) >= 11 is 0. The maximum atomic E-state index is 5.76. The Kier molecular flexibility index (Phi) is 5.88. The third kappa shape index (κ3) is 5.72. The van der Waals surface area contributed by atoms with E-state index in [4.69, 9.17) is 14.2 Å². The van der Waals surface area contributed by atoms with Crippen LogP contribution in [0.3, 0.4) is 0 Å². The first-order chi connectivity index (χ1) is 12.1. The Balaban J connectivity index is 1.42. The van der Waals surface area contributed by atoms with Gasteiger partial charge in [-0.05, 0) is 50.1 Å². The summed E-state index contributed by atoms with van der Waals surface area (Å²) in [6.07, 6.45) is 0.981. The third-order valence-electron chi connectivity index (χ3n) is 4.00. The Morgan fingerprint density at radius 1 is 1.00 bits per heavy atom. The van der Waals surface area contributed by atoms with Crippen molar-refractivity contribution in [3.63, 3.8) is 0 Å². The van der Waals surface area contributed by atoms with Crippen LogP contribution < -0.4 is 0 Å². The summed E-state index contributed by atoms with van der Waals surface area (Å²) in [4.78, 5) is 0. The molecule has 1 saturated heterocycles. The summed E-state index contributed by atoms with van der Waals surface area (Å²) in [5, 5.41) is 0. The van der Waals surface area contributed by atoms with Crippen LogP contribution in [-0.2, 0) is 20.8 Å². The highest BCUT2D eigenvalue weighted by molar-refractivity contribution is 5.43. The van der Waals surface area contributed by atoms with Gasteiger partial charge in [0.1, 0.15) is 0 Å². The number of hydrogen-bond donors (Lipinski definition) is 0. The van der Waals surface area contributed by atoms with Gasteiger partial charge < -0.3 is 14.2 Å². The van der Waals surface area contributed by atoms with E-state index in [1.807, 2.05) is 56.3 Å². The van der Waals surface area contributed by atoms with Gasteiger partial charge in [0.05, 0.1) is 19.3 Å². The molecule has 2 aromatic carbocycles. The van der Waals surface area contributed by atoms with Gasteiger partial charge in [-0.2, -0.15) is 0 Å². The lowest BCUT2D eigenvalue weighted by Gasteiger charge is -2.17. The molecule has 25 heavy (non-hydrogen) atoms. The second-order valence-corrected chi connectivity index (χ2v) is 6.60. The molecule has 1 atom stereocenters. The van der Waals surface area contributed by atoms with Crippen LogP contribution in [0.25, 0.3) is 0 Å². The van der Waals surface area contributed by atoms with Crippen molar-refractivity contribution in [1.82, 2.24) is 0 Å². The molecule has 1 aliphatic heterocycles. The van der Waals surface area contributed by atoms with E-state index in [-0.39, 0.29) is 6.10 Å². The molecule has 3 nitrogen and oxygen atoms in total. The maximum absolute atomic E-state index is 5.76. The van der Waals surface area contributed by atoms with E-state index in [1.54, 1.807) is 0 Å². The highest BCUT2D eigenvalue weighted by atomic mass is 16.7. The molecule has 0 spiro atoms. The predicted octanol–water partition coefficient (Wildman–Crippen LogP) is 4.14. The van der Waals surface area contributed by atoms with E-state index < -0.39 is 5.79 Å². The number of rotatable bonds is 5. The van der Waals surface area contributed by atoms with E-state index in [2.05, 4.69) is 24.0 Å². The fourth-order valence-corrected chi connectivity index (χ4v) is 2.66. The van der Waals surface area contributed by atoms with Gasteiger partial charge in [-0.3, -0.25) is 0 Å². The molecule has 130 valence electrons. The fourth-order valence-electron chi connectivity index (χ4n) is 2.66. The first-order valence-corrected chi connectivity index (χ1v) is 8.66. The lowest BCUT2D eigenvalue weighted by atomic mass is 10.1. The molecule has 1 fully saturated rings. The number of hydrogen-bond acceptors (Lipinski definition) is 3. The van der Waals surface area contributed by atoms with Crippen LogP contribution in [0, 0.1) is 11.8 Å². The van der Waals surface area contributed by atoms with Gasteiger partial charge in [-0.1, -0.05) is 42.2 Å². The van der Waals surface area contributed by atoms with Crippen molar-refractivity contribution < 1.29 is 14.2 Å². The van der Waals surface area contributed by atoms with E-state index in [9.17, 15) is 0 Å². The lowest BCUT2D eigenvalue weighted by Crippen LogP contribution is -2.22. The average Bonchev–Trinajstić information content (AvgIpc) is 2.98. The van der Waals surface area contributed by atoms with E-state index in [0.717, 1.165) is 23.1 Å². The molecular weight excluding hydrogens is 312 g/mol. The topological polar surface area (TPSA) is 27.7 Å². The molecule has 0 saturated carbocycles. The van der Waals surface area contributed by atoms with Gasteiger partial charge in [0, 0.05) is 17.7 Å². The zero-order valence-corrected chi connectivity index (χ0v) is 14.8. The summed E-state index contributed by atoms with van der Waals surface area (Å²) in [6.45, 7) is 5.79. The molecular formula is C22H24O3. The minimum Gasteiger partial charge on any atom is -0.377 e. The van der Waals surface area contributed by atoms with Crippen molar-refractivity contribution in [2.24, 2.45) is 0 Å². The van der Waals surface area contributed by atoms with Crippen molar-refractivity contribution in [1.29, 1.82) is 0 Å². The van der Waals surface area contributed by atoms with Gasteiger partial charge in [0.15, 0.2) is 5.79 Å². The summed E-state index contributed by atoms with van der Waals surface area (Å²) in [5.41, 5.74) is 3.18. The minimum absolute atomic E-state index is 0.130. The van der Waals surface area contributed by atoms with Crippen LogP contribution in [-0.4, -0.2) is 25.1 Å². The van der Waals surface area contributed by atoms with Gasteiger partial charge in [-0.25, -0.2) is 0 Å². The SMILES string of the molecule is CC1(C)OC[C@H](CCOCc2ccc(C#Cc3ccccc3)cc2)O1. The Morgan fingerprint density at radius 2 is 1.68 bits per heavy atom. The number of ether oxygens (including phenoxy) is 3. The van der Waals surface area contributed by atoms with Gasteiger partial charge in [-0.15, -0.1) is 0 Å². The highest BCUT2D eigenvalue weighted by Gasteiger charge is 2.32. The van der Waals surface area contributed by atoms with Crippen LogP contribution in [0.1, 0.15) is 37.0 Å². The Bertz CT molecular complexity index is 723. The van der Waals surface area contributed by atoms with Crippen molar-refractivity contribution in [2.75, 3.05) is 13.2 Å². The molecule has 0 unspecified atom stereocenters. The largest absolute Gasteiger partial charge is 0.377 e. The maximum Gasteiger partial charge on any atom is 0.163 e. The average molecular weight is 336 g/mol.